The number of carboxylic acids is 1. The van der Waals surface area contributed by atoms with E-state index in [0.29, 0.717) is 12.4 Å². The van der Waals surface area contributed by atoms with Crippen LogP contribution in [0.5, 0.6) is 5.75 Å². The van der Waals surface area contributed by atoms with Gasteiger partial charge in [0.25, 0.3) is 0 Å². The molecule has 5 heteroatoms. The van der Waals surface area contributed by atoms with E-state index in [1.54, 1.807) is 6.07 Å². The molecule has 1 aromatic carbocycles. The highest BCUT2D eigenvalue weighted by molar-refractivity contribution is 6.33. The normalized spacial score (nSPS) is 19.2. The summed E-state index contributed by atoms with van der Waals surface area (Å²) in [6.07, 6.45) is 2.20. The van der Waals surface area contributed by atoms with Crippen molar-refractivity contribution >= 4 is 17.6 Å². The summed E-state index contributed by atoms with van der Waals surface area (Å²) in [5.41, 5.74) is 0.0798. The molecule has 1 aromatic rings. The third-order valence-electron chi connectivity index (χ3n) is 2.63. The smallest absolute Gasteiger partial charge is 0.337 e. The zero-order chi connectivity index (χ0) is 12.3. The van der Waals surface area contributed by atoms with Crippen molar-refractivity contribution in [3.05, 3.63) is 28.8 Å². The molecule has 0 aliphatic carbocycles. The largest absolute Gasteiger partial charge is 0.491 e. The molecule has 0 saturated carbocycles. The molecule has 0 radical (unpaired) electrons. The molecule has 1 unspecified atom stereocenters. The van der Waals surface area contributed by atoms with E-state index in [1.165, 1.54) is 12.1 Å². The molecule has 1 aliphatic rings. The van der Waals surface area contributed by atoms with Gasteiger partial charge < -0.3 is 14.6 Å². The van der Waals surface area contributed by atoms with Gasteiger partial charge in [0.1, 0.15) is 12.4 Å². The molecule has 1 aliphatic heterocycles. The number of hydrogen-bond acceptors (Lipinski definition) is 3. The second-order valence-electron chi connectivity index (χ2n) is 3.89. The van der Waals surface area contributed by atoms with Crippen LogP contribution in [-0.2, 0) is 4.74 Å². The lowest BCUT2D eigenvalue weighted by Gasteiger charge is -2.11. The number of rotatable bonds is 4. The molecule has 1 heterocycles. The number of carbonyl (C=O) groups is 1. The Kier molecular flexibility index (Phi) is 3.86. The minimum absolute atomic E-state index is 0.0798. The Hall–Kier alpha value is -1.26. The second-order valence-corrected chi connectivity index (χ2v) is 4.30. The Morgan fingerprint density at radius 3 is 3.00 bits per heavy atom. The molecular formula is C12H13ClO4. The Bertz CT molecular complexity index is 413. The van der Waals surface area contributed by atoms with Gasteiger partial charge in [-0.05, 0) is 31.0 Å². The van der Waals surface area contributed by atoms with E-state index < -0.39 is 5.97 Å². The van der Waals surface area contributed by atoms with Crippen LogP contribution < -0.4 is 4.74 Å². The Morgan fingerprint density at radius 2 is 2.41 bits per heavy atom. The van der Waals surface area contributed by atoms with E-state index >= 15 is 0 Å². The van der Waals surface area contributed by atoms with E-state index in [4.69, 9.17) is 26.2 Å². The van der Waals surface area contributed by atoms with Crippen LogP contribution in [0.2, 0.25) is 5.02 Å². The van der Waals surface area contributed by atoms with Crippen molar-refractivity contribution in [3.63, 3.8) is 0 Å². The van der Waals surface area contributed by atoms with Crippen LogP contribution in [0.1, 0.15) is 23.2 Å². The van der Waals surface area contributed by atoms with Gasteiger partial charge in [-0.15, -0.1) is 0 Å². The Labute approximate surface area is 104 Å². The van der Waals surface area contributed by atoms with Crippen molar-refractivity contribution in [1.82, 2.24) is 0 Å². The zero-order valence-corrected chi connectivity index (χ0v) is 9.94. The molecule has 0 aromatic heterocycles. The molecule has 4 nitrogen and oxygen atoms in total. The highest BCUT2D eigenvalue weighted by Gasteiger charge is 2.16. The molecule has 92 valence electrons. The molecule has 0 spiro atoms. The van der Waals surface area contributed by atoms with Gasteiger partial charge >= 0.3 is 5.97 Å². The SMILES string of the molecule is O=C(O)c1ccc(OCC2CCCO2)cc1Cl. The number of ether oxygens (including phenoxy) is 2. The zero-order valence-electron chi connectivity index (χ0n) is 9.19. The van der Waals surface area contributed by atoms with Gasteiger partial charge in [-0.1, -0.05) is 11.6 Å². The van der Waals surface area contributed by atoms with Crippen LogP contribution in [-0.4, -0.2) is 30.4 Å². The topological polar surface area (TPSA) is 55.8 Å². The molecule has 17 heavy (non-hydrogen) atoms. The lowest BCUT2D eigenvalue weighted by Crippen LogP contribution is -2.16. The van der Waals surface area contributed by atoms with Gasteiger partial charge in [-0.3, -0.25) is 0 Å². The standard InChI is InChI=1S/C12H13ClO4/c13-11-6-8(3-4-10(11)12(14)15)17-7-9-2-1-5-16-9/h3-4,6,9H,1-2,5,7H2,(H,14,15). The summed E-state index contributed by atoms with van der Waals surface area (Å²) in [6, 6.07) is 4.56. The third-order valence-corrected chi connectivity index (χ3v) is 2.94. The second kappa shape index (κ2) is 5.38. The first-order chi connectivity index (χ1) is 8.16. The third kappa shape index (κ3) is 3.11. The minimum atomic E-state index is -1.04. The van der Waals surface area contributed by atoms with E-state index in [9.17, 15) is 4.79 Å². The van der Waals surface area contributed by atoms with Gasteiger partial charge in [0.05, 0.1) is 16.7 Å². The number of benzene rings is 1. The fourth-order valence-electron chi connectivity index (χ4n) is 1.72. The van der Waals surface area contributed by atoms with Crippen LogP contribution in [0.25, 0.3) is 0 Å². The predicted molar refractivity (Wildman–Crippen MR) is 62.9 cm³/mol. The minimum Gasteiger partial charge on any atom is -0.491 e. The highest BCUT2D eigenvalue weighted by atomic mass is 35.5. The summed E-state index contributed by atoms with van der Waals surface area (Å²) >= 11 is 5.83. The van der Waals surface area contributed by atoms with E-state index in [-0.39, 0.29) is 16.7 Å². The van der Waals surface area contributed by atoms with Gasteiger partial charge in [0.2, 0.25) is 0 Å². The fourth-order valence-corrected chi connectivity index (χ4v) is 1.98. The van der Waals surface area contributed by atoms with E-state index in [0.717, 1.165) is 19.4 Å². The monoisotopic (exact) mass is 256 g/mol. The summed E-state index contributed by atoms with van der Waals surface area (Å²) in [4.78, 5) is 10.8. The highest BCUT2D eigenvalue weighted by Crippen LogP contribution is 2.23. The maximum absolute atomic E-state index is 10.8. The van der Waals surface area contributed by atoms with Crippen LogP contribution in [0, 0.1) is 0 Å². The molecule has 1 fully saturated rings. The van der Waals surface area contributed by atoms with Crippen LogP contribution >= 0.6 is 11.6 Å². The Morgan fingerprint density at radius 1 is 1.59 bits per heavy atom. The number of aromatic carboxylic acids is 1. The first kappa shape index (κ1) is 12.2. The van der Waals surface area contributed by atoms with Crippen LogP contribution in [0.15, 0.2) is 18.2 Å². The first-order valence-electron chi connectivity index (χ1n) is 5.44. The molecule has 0 amide bonds. The molecule has 0 bridgehead atoms. The number of halogens is 1. The van der Waals surface area contributed by atoms with Crippen molar-refractivity contribution in [1.29, 1.82) is 0 Å². The molecule has 2 rings (SSSR count). The quantitative estimate of drug-likeness (QED) is 0.900. The Balaban J connectivity index is 1.97. The predicted octanol–water partition coefficient (Wildman–Crippen LogP) is 2.60. The van der Waals surface area contributed by atoms with Crippen molar-refractivity contribution in [2.45, 2.75) is 18.9 Å². The molecule has 1 N–H and O–H groups in total. The lowest BCUT2D eigenvalue weighted by molar-refractivity contribution is 0.0675. The van der Waals surface area contributed by atoms with Gasteiger partial charge in [0, 0.05) is 6.61 Å². The summed E-state index contributed by atoms with van der Waals surface area (Å²) in [6.45, 7) is 1.26. The summed E-state index contributed by atoms with van der Waals surface area (Å²) < 4.78 is 10.9. The van der Waals surface area contributed by atoms with Gasteiger partial charge in [-0.25, -0.2) is 4.79 Å². The summed E-state index contributed by atoms with van der Waals surface area (Å²) in [7, 11) is 0. The maximum Gasteiger partial charge on any atom is 0.337 e. The summed E-state index contributed by atoms with van der Waals surface area (Å²) in [5, 5.41) is 9.00. The van der Waals surface area contributed by atoms with Crippen LogP contribution in [0.4, 0.5) is 0 Å². The van der Waals surface area contributed by atoms with Crippen molar-refractivity contribution in [3.8, 4) is 5.75 Å². The van der Waals surface area contributed by atoms with E-state index in [1.807, 2.05) is 0 Å². The van der Waals surface area contributed by atoms with Crippen molar-refractivity contribution in [2.75, 3.05) is 13.2 Å². The first-order valence-corrected chi connectivity index (χ1v) is 5.82. The van der Waals surface area contributed by atoms with Crippen molar-refractivity contribution < 1.29 is 19.4 Å². The van der Waals surface area contributed by atoms with Crippen LogP contribution in [0.3, 0.4) is 0 Å². The molecular weight excluding hydrogens is 244 g/mol. The van der Waals surface area contributed by atoms with Gasteiger partial charge in [0.15, 0.2) is 0 Å². The van der Waals surface area contributed by atoms with E-state index in [2.05, 4.69) is 0 Å². The fraction of sp³-hybridized carbons (Fsp3) is 0.417. The number of carboxylic acid groups (broad SMARTS) is 1. The average Bonchev–Trinajstić information content (AvgIpc) is 2.78. The van der Waals surface area contributed by atoms with Crippen molar-refractivity contribution in [2.24, 2.45) is 0 Å². The lowest BCUT2D eigenvalue weighted by atomic mass is 10.2. The van der Waals surface area contributed by atoms with Gasteiger partial charge in [-0.2, -0.15) is 0 Å². The maximum atomic E-state index is 10.8. The molecule has 1 atom stereocenters. The molecule has 1 saturated heterocycles. The summed E-state index contributed by atoms with van der Waals surface area (Å²) in [5.74, 6) is -0.476. The average molecular weight is 257 g/mol. The number of hydrogen-bond donors (Lipinski definition) is 1.